The second-order valence-electron chi connectivity index (χ2n) is 3.40. The van der Waals surface area contributed by atoms with Crippen molar-refractivity contribution in [1.29, 1.82) is 0 Å². The Labute approximate surface area is 89.8 Å². The molecule has 0 spiro atoms. The Bertz CT molecular complexity index is 598. The molecule has 2 aromatic rings. The summed E-state index contributed by atoms with van der Waals surface area (Å²) < 4.78 is 1.20. The first kappa shape index (κ1) is 10.3. The van der Waals surface area contributed by atoms with E-state index in [4.69, 9.17) is 5.11 Å². The number of H-pyrrole nitrogens is 1. The van der Waals surface area contributed by atoms with Gasteiger partial charge in [-0.3, -0.25) is 14.7 Å². The van der Waals surface area contributed by atoms with Crippen LogP contribution in [0.1, 0.15) is 17.7 Å². The van der Waals surface area contributed by atoms with Gasteiger partial charge >= 0.3 is 5.97 Å². The Kier molecular flexibility index (Phi) is 2.43. The third-order valence-corrected chi connectivity index (χ3v) is 2.32. The van der Waals surface area contributed by atoms with Crippen LogP contribution in [0.2, 0.25) is 0 Å². The number of aromatic amines is 1. The number of rotatable bonds is 3. The molecule has 0 aliphatic carbocycles. The Hall–Kier alpha value is -2.18. The summed E-state index contributed by atoms with van der Waals surface area (Å²) in [5, 5.41) is 11.2. The zero-order chi connectivity index (χ0) is 11.7. The number of nitrogens with zero attached hydrogens (tertiary/aromatic N) is 3. The lowest BCUT2D eigenvalue weighted by atomic mass is 10.1. The first-order valence-electron chi connectivity index (χ1n) is 4.73. The van der Waals surface area contributed by atoms with E-state index in [1.54, 1.807) is 6.92 Å². The number of aryl methyl sites for hydroxylation is 1. The summed E-state index contributed by atoms with van der Waals surface area (Å²) in [7, 11) is 0. The van der Waals surface area contributed by atoms with E-state index in [9.17, 15) is 9.59 Å². The fourth-order valence-electron chi connectivity index (χ4n) is 1.52. The number of carbonyl (C=O) groups is 1. The molecule has 2 aromatic heterocycles. The number of nitrogens with one attached hydrogen (secondary N) is 1. The van der Waals surface area contributed by atoms with Crippen molar-refractivity contribution in [3.63, 3.8) is 0 Å². The van der Waals surface area contributed by atoms with E-state index >= 15 is 0 Å². The SMILES string of the molecule is Cc1nc2nc[nH]n2c(=O)c1CCC(=O)O. The van der Waals surface area contributed by atoms with Crippen LogP contribution < -0.4 is 5.56 Å². The van der Waals surface area contributed by atoms with E-state index in [0.29, 0.717) is 17.0 Å². The van der Waals surface area contributed by atoms with Crippen LogP contribution in [0, 0.1) is 6.92 Å². The third-order valence-electron chi connectivity index (χ3n) is 2.32. The van der Waals surface area contributed by atoms with E-state index < -0.39 is 5.97 Å². The number of fused-ring (bicyclic) bond motifs is 1. The number of aliphatic carboxylic acids is 1. The molecule has 0 unspecified atom stereocenters. The first-order chi connectivity index (χ1) is 7.59. The highest BCUT2D eigenvalue weighted by Crippen LogP contribution is 2.03. The van der Waals surface area contributed by atoms with Crippen LogP contribution in [0.5, 0.6) is 0 Å². The monoisotopic (exact) mass is 222 g/mol. The molecule has 0 aliphatic rings. The minimum atomic E-state index is -0.937. The van der Waals surface area contributed by atoms with Crippen molar-refractivity contribution in [2.45, 2.75) is 19.8 Å². The van der Waals surface area contributed by atoms with E-state index in [1.165, 1.54) is 10.8 Å². The van der Waals surface area contributed by atoms with Crippen LogP contribution in [0.3, 0.4) is 0 Å². The lowest BCUT2D eigenvalue weighted by Crippen LogP contribution is -2.22. The molecule has 0 aliphatic heterocycles. The Balaban J connectivity index is 2.51. The predicted molar refractivity (Wildman–Crippen MR) is 54.3 cm³/mol. The van der Waals surface area contributed by atoms with Crippen molar-refractivity contribution in [2.24, 2.45) is 0 Å². The summed E-state index contributed by atoms with van der Waals surface area (Å²) in [4.78, 5) is 30.3. The lowest BCUT2D eigenvalue weighted by molar-refractivity contribution is -0.136. The molecule has 0 bridgehead atoms. The van der Waals surface area contributed by atoms with Gasteiger partial charge in [-0.1, -0.05) is 0 Å². The molecule has 7 heteroatoms. The molecule has 0 radical (unpaired) electrons. The van der Waals surface area contributed by atoms with Gasteiger partial charge < -0.3 is 5.11 Å². The second kappa shape index (κ2) is 3.76. The van der Waals surface area contributed by atoms with Gasteiger partial charge in [0.05, 0.1) is 5.69 Å². The highest BCUT2D eigenvalue weighted by molar-refractivity contribution is 5.67. The maximum Gasteiger partial charge on any atom is 0.303 e. The van der Waals surface area contributed by atoms with E-state index in [1.807, 2.05) is 0 Å². The van der Waals surface area contributed by atoms with Gasteiger partial charge in [0.1, 0.15) is 6.33 Å². The average Bonchev–Trinajstić information content (AvgIpc) is 2.64. The summed E-state index contributed by atoms with van der Waals surface area (Å²) in [6.07, 6.45) is 1.46. The first-order valence-corrected chi connectivity index (χ1v) is 4.73. The molecule has 7 nitrogen and oxygen atoms in total. The van der Waals surface area contributed by atoms with Crippen LogP contribution in [0.4, 0.5) is 0 Å². The highest BCUT2D eigenvalue weighted by Gasteiger charge is 2.12. The molecule has 0 saturated heterocycles. The number of hydrogen-bond donors (Lipinski definition) is 2. The molecule has 0 amide bonds. The number of aromatic nitrogens is 4. The quantitative estimate of drug-likeness (QED) is 0.745. The van der Waals surface area contributed by atoms with E-state index in [0.717, 1.165) is 0 Å². The van der Waals surface area contributed by atoms with Crippen molar-refractivity contribution in [2.75, 3.05) is 0 Å². The Morgan fingerprint density at radius 3 is 3.06 bits per heavy atom. The minimum Gasteiger partial charge on any atom is -0.481 e. The van der Waals surface area contributed by atoms with Crippen molar-refractivity contribution in [3.05, 3.63) is 27.9 Å². The molecule has 2 N–H and O–H groups in total. The van der Waals surface area contributed by atoms with Gasteiger partial charge in [-0.2, -0.15) is 4.52 Å². The molecule has 2 heterocycles. The molecule has 84 valence electrons. The Morgan fingerprint density at radius 2 is 2.38 bits per heavy atom. The fraction of sp³-hybridized carbons (Fsp3) is 0.333. The topological polar surface area (TPSA) is 100 Å². The molecule has 2 rings (SSSR count). The van der Waals surface area contributed by atoms with E-state index in [2.05, 4.69) is 15.1 Å². The second-order valence-corrected chi connectivity index (χ2v) is 3.40. The molecule has 16 heavy (non-hydrogen) atoms. The largest absolute Gasteiger partial charge is 0.481 e. The predicted octanol–water partition coefficient (Wildman–Crippen LogP) is -0.257. The molecule has 0 fully saturated rings. The van der Waals surface area contributed by atoms with Gasteiger partial charge in [0.2, 0.25) is 0 Å². The molecule has 0 aromatic carbocycles. The van der Waals surface area contributed by atoms with Crippen LogP contribution >= 0.6 is 0 Å². The fourth-order valence-corrected chi connectivity index (χ4v) is 1.52. The van der Waals surface area contributed by atoms with Crippen molar-refractivity contribution in [1.82, 2.24) is 19.6 Å². The van der Waals surface area contributed by atoms with Crippen LogP contribution in [-0.2, 0) is 11.2 Å². The number of carboxylic acid groups (broad SMARTS) is 1. The van der Waals surface area contributed by atoms with Gasteiger partial charge in [-0.15, -0.1) is 0 Å². The maximum absolute atomic E-state index is 11.9. The smallest absolute Gasteiger partial charge is 0.303 e. The normalized spacial score (nSPS) is 10.8. The van der Waals surface area contributed by atoms with Gasteiger partial charge in [0.15, 0.2) is 0 Å². The van der Waals surface area contributed by atoms with Gasteiger partial charge in [-0.05, 0) is 13.3 Å². The summed E-state index contributed by atoms with van der Waals surface area (Å²) in [6, 6.07) is 0. The zero-order valence-corrected chi connectivity index (χ0v) is 8.60. The molecule has 0 saturated carbocycles. The van der Waals surface area contributed by atoms with Crippen LogP contribution in [0.25, 0.3) is 5.78 Å². The van der Waals surface area contributed by atoms with Gasteiger partial charge in [0, 0.05) is 12.0 Å². The van der Waals surface area contributed by atoms with Gasteiger partial charge in [0.25, 0.3) is 11.3 Å². The zero-order valence-electron chi connectivity index (χ0n) is 8.60. The average molecular weight is 222 g/mol. The maximum atomic E-state index is 11.9. The summed E-state index contributed by atoms with van der Waals surface area (Å²) in [5.41, 5.74) is 0.642. The molecular formula is C9H10N4O3. The summed E-state index contributed by atoms with van der Waals surface area (Å²) >= 11 is 0. The lowest BCUT2D eigenvalue weighted by Gasteiger charge is -2.02. The van der Waals surface area contributed by atoms with Crippen LogP contribution in [0.15, 0.2) is 11.1 Å². The standard InChI is InChI=1S/C9H10N4O3/c1-5-6(2-3-7(14)15)8(16)13-9(12-5)10-4-11-13/h4H,2-3H2,1H3,(H,14,15)(H,10,11,12). The minimum absolute atomic E-state index is 0.0854. The number of hydrogen-bond acceptors (Lipinski definition) is 4. The number of carboxylic acids is 1. The Morgan fingerprint density at radius 1 is 1.62 bits per heavy atom. The molecule has 0 atom stereocenters. The van der Waals surface area contributed by atoms with Gasteiger partial charge in [-0.25, -0.2) is 9.97 Å². The van der Waals surface area contributed by atoms with Crippen LogP contribution in [-0.4, -0.2) is 30.7 Å². The highest BCUT2D eigenvalue weighted by atomic mass is 16.4. The third kappa shape index (κ3) is 1.67. The summed E-state index contributed by atoms with van der Waals surface area (Å²) in [5.74, 6) is -0.643. The molecular weight excluding hydrogens is 212 g/mol. The van der Waals surface area contributed by atoms with Crippen molar-refractivity contribution < 1.29 is 9.90 Å². The van der Waals surface area contributed by atoms with E-state index in [-0.39, 0.29) is 18.4 Å². The van der Waals surface area contributed by atoms with Crippen molar-refractivity contribution >= 4 is 11.7 Å². The summed E-state index contributed by atoms with van der Waals surface area (Å²) in [6.45, 7) is 1.67. The van der Waals surface area contributed by atoms with Crippen molar-refractivity contribution in [3.8, 4) is 0 Å².